The lowest BCUT2D eigenvalue weighted by Crippen LogP contribution is -2.49. The zero-order valence-electron chi connectivity index (χ0n) is 13.9. The Morgan fingerprint density at radius 3 is 2.36 bits per heavy atom. The van der Waals surface area contributed by atoms with Crippen molar-refractivity contribution in [2.24, 2.45) is 17.8 Å². The minimum absolute atomic E-state index is 0.239. The second kappa shape index (κ2) is 5.25. The molecule has 2 heterocycles. The third-order valence-electron chi connectivity index (χ3n) is 6.61. The first-order valence-corrected chi connectivity index (χ1v) is 11.1. The van der Waals surface area contributed by atoms with Crippen molar-refractivity contribution in [3.63, 3.8) is 0 Å². The lowest BCUT2D eigenvalue weighted by atomic mass is 9.49. The maximum atomic E-state index is 4.97. The van der Waals surface area contributed by atoms with Gasteiger partial charge in [0.25, 0.3) is 0 Å². The molecule has 0 saturated heterocycles. The molecule has 0 atom stereocenters. The molecule has 4 nitrogen and oxygen atoms in total. The highest BCUT2D eigenvalue weighted by molar-refractivity contribution is 14.1. The second-order valence-electron chi connectivity index (χ2n) is 8.30. The summed E-state index contributed by atoms with van der Waals surface area (Å²) in [6.07, 6.45) is 8.25. The van der Waals surface area contributed by atoms with Crippen LogP contribution in [0.3, 0.4) is 0 Å². The molecule has 0 amide bonds. The van der Waals surface area contributed by atoms with E-state index in [0.29, 0.717) is 0 Å². The van der Waals surface area contributed by atoms with Crippen molar-refractivity contribution in [1.82, 2.24) is 19.8 Å². The fraction of sp³-hybridized carbons (Fsp3) is 0.526. The summed E-state index contributed by atoms with van der Waals surface area (Å²) in [5.41, 5.74) is 1.44. The molecule has 4 bridgehead atoms. The van der Waals surface area contributed by atoms with E-state index in [1.807, 2.05) is 0 Å². The van der Waals surface area contributed by atoms with Gasteiger partial charge in [0.15, 0.2) is 5.82 Å². The minimum Gasteiger partial charge on any atom is -0.186 e. The van der Waals surface area contributed by atoms with Gasteiger partial charge in [-0.05, 0) is 84.9 Å². The molecular weight excluding hydrogens is 443 g/mol. The maximum absolute atomic E-state index is 4.97. The highest BCUT2D eigenvalue weighted by Crippen LogP contribution is 2.60. The Labute approximate surface area is 164 Å². The van der Waals surface area contributed by atoms with Crippen LogP contribution in [0, 0.1) is 21.3 Å². The number of aromatic nitrogens is 4. The maximum Gasteiger partial charge on any atom is 0.235 e. The third-order valence-corrected chi connectivity index (χ3v) is 8.48. The monoisotopic (exact) mass is 462 g/mol. The van der Waals surface area contributed by atoms with Gasteiger partial charge in [0.05, 0.1) is 0 Å². The van der Waals surface area contributed by atoms with E-state index in [4.69, 9.17) is 5.10 Å². The number of hydrogen-bond donors (Lipinski definition) is 0. The zero-order chi connectivity index (χ0) is 16.6. The minimum atomic E-state index is 0.239. The molecule has 6 heteroatoms. The van der Waals surface area contributed by atoms with Crippen LogP contribution in [0.15, 0.2) is 24.3 Å². The summed E-state index contributed by atoms with van der Waals surface area (Å²) in [6.45, 7) is 0. The molecule has 0 N–H and O–H groups in total. The van der Waals surface area contributed by atoms with Gasteiger partial charge in [0.1, 0.15) is 5.01 Å². The Balaban J connectivity index is 1.48. The van der Waals surface area contributed by atoms with Crippen molar-refractivity contribution in [1.29, 1.82) is 0 Å². The number of hydrogen-bond acceptors (Lipinski definition) is 4. The van der Waals surface area contributed by atoms with Gasteiger partial charge >= 0.3 is 0 Å². The first-order valence-electron chi connectivity index (χ1n) is 9.18. The molecule has 4 aliphatic rings. The van der Waals surface area contributed by atoms with Crippen molar-refractivity contribution >= 4 is 38.9 Å². The van der Waals surface area contributed by atoms with E-state index in [-0.39, 0.29) is 5.41 Å². The number of benzene rings is 1. The van der Waals surface area contributed by atoms with Gasteiger partial charge in [0, 0.05) is 14.5 Å². The molecule has 0 unspecified atom stereocenters. The smallest absolute Gasteiger partial charge is 0.186 e. The van der Waals surface area contributed by atoms with E-state index in [2.05, 4.69) is 61.6 Å². The number of rotatable bonds is 2. The van der Waals surface area contributed by atoms with Gasteiger partial charge in [-0.15, -0.1) is 10.2 Å². The Hall–Kier alpha value is -1.02. The van der Waals surface area contributed by atoms with Crippen LogP contribution in [-0.4, -0.2) is 19.8 Å². The fourth-order valence-corrected chi connectivity index (χ4v) is 7.78. The van der Waals surface area contributed by atoms with Crippen LogP contribution in [0.25, 0.3) is 15.5 Å². The van der Waals surface area contributed by atoms with Crippen LogP contribution >= 0.6 is 33.9 Å². The SMILES string of the molecule is Ic1ccccc1-c1nn2c(C34CC5CC(CC(C5)C3)C4)nnc2s1. The summed E-state index contributed by atoms with van der Waals surface area (Å²) in [5, 5.41) is 15.2. The summed E-state index contributed by atoms with van der Waals surface area (Å²) in [6, 6.07) is 8.45. The quantitative estimate of drug-likeness (QED) is 0.508. The largest absolute Gasteiger partial charge is 0.235 e. The fourth-order valence-electron chi connectivity index (χ4n) is 6.08. The number of nitrogens with zero attached hydrogens (tertiary/aromatic N) is 4. The number of fused-ring (bicyclic) bond motifs is 1. The van der Waals surface area contributed by atoms with E-state index in [0.717, 1.165) is 33.5 Å². The molecule has 7 rings (SSSR count). The molecule has 0 spiro atoms. The Morgan fingerprint density at radius 1 is 1.00 bits per heavy atom. The van der Waals surface area contributed by atoms with Gasteiger partial charge in [-0.3, -0.25) is 0 Å². The first kappa shape index (κ1) is 15.1. The molecule has 0 aliphatic heterocycles. The summed E-state index contributed by atoms with van der Waals surface area (Å²) >= 11 is 4.05. The van der Waals surface area contributed by atoms with E-state index < -0.39 is 0 Å². The molecule has 128 valence electrons. The molecule has 1 aromatic carbocycles. The van der Waals surface area contributed by atoms with Crippen LogP contribution in [0.1, 0.15) is 44.3 Å². The summed E-state index contributed by atoms with van der Waals surface area (Å²) in [4.78, 5) is 0.945. The van der Waals surface area contributed by atoms with Gasteiger partial charge < -0.3 is 0 Å². The lowest BCUT2D eigenvalue weighted by molar-refractivity contribution is -0.0103. The van der Waals surface area contributed by atoms with E-state index >= 15 is 0 Å². The van der Waals surface area contributed by atoms with Crippen molar-refractivity contribution in [2.45, 2.75) is 43.9 Å². The lowest BCUT2D eigenvalue weighted by Gasteiger charge is -2.55. The van der Waals surface area contributed by atoms with Gasteiger partial charge in [-0.2, -0.15) is 9.61 Å². The highest BCUT2D eigenvalue weighted by atomic mass is 127. The van der Waals surface area contributed by atoms with Gasteiger partial charge in [0.2, 0.25) is 4.96 Å². The highest BCUT2D eigenvalue weighted by Gasteiger charge is 2.54. The normalized spacial score (nSPS) is 33.4. The molecule has 4 fully saturated rings. The molecule has 25 heavy (non-hydrogen) atoms. The average molecular weight is 462 g/mol. The zero-order valence-corrected chi connectivity index (χ0v) is 16.8. The molecule has 3 aromatic rings. The van der Waals surface area contributed by atoms with Gasteiger partial charge in [-0.25, -0.2) is 0 Å². The molecule has 4 aliphatic carbocycles. The predicted molar refractivity (Wildman–Crippen MR) is 107 cm³/mol. The summed E-state index contributed by atoms with van der Waals surface area (Å²) < 4.78 is 3.32. The van der Waals surface area contributed by atoms with Crippen LogP contribution in [0.2, 0.25) is 0 Å². The van der Waals surface area contributed by atoms with Crippen molar-refractivity contribution in [3.05, 3.63) is 33.7 Å². The van der Waals surface area contributed by atoms with Crippen LogP contribution < -0.4 is 0 Å². The van der Waals surface area contributed by atoms with Crippen molar-refractivity contribution in [3.8, 4) is 10.6 Å². The number of halogens is 1. The Kier molecular flexibility index (Phi) is 3.17. The predicted octanol–water partition coefficient (Wildman–Crippen LogP) is 4.93. The van der Waals surface area contributed by atoms with Gasteiger partial charge in [-0.1, -0.05) is 29.5 Å². The van der Waals surface area contributed by atoms with Crippen LogP contribution in [-0.2, 0) is 5.41 Å². The Morgan fingerprint density at radius 2 is 1.68 bits per heavy atom. The van der Waals surface area contributed by atoms with Crippen LogP contribution in [0.5, 0.6) is 0 Å². The summed E-state index contributed by atoms with van der Waals surface area (Å²) in [7, 11) is 0. The van der Waals surface area contributed by atoms with Crippen molar-refractivity contribution < 1.29 is 0 Å². The van der Waals surface area contributed by atoms with E-state index in [1.165, 1.54) is 47.7 Å². The standard InChI is InChI=1S/C19H19IN4S/c20-15-4-2-1-3-14(15)16-23-24-17(21-22-18(24)25-16)19-8-11-5-12(9-19)7-13(6-11)10-19/h1-4,11-13H,5-10H2. The average Bonchev–Trinajstić information content (AvgIpc) is 3.14. The second-order valence-corrected chi connectivity index (χ2v) is 10.4. The van der Waals surface area contributed by atoms with E-state index in [1.54, 1.807) is 11.3 Å². The third kappa shape index (κ3) is 2.19. The molecule has 4 saturated carbocycles. The summed E-state index contributed by atoms with van der Waals surface area (Å²) in [5.74, 6) is 3.88. The van der Waals surface area contributed by atoms with E-state index in [9.17, 15) is 0 Å². The molecular formula is C19H19IN4S. The van der Waals surface area contributed by atoms with Crippen LogP contribution in [0.4, 0.5) is 0 Å². The molecule has 2 aromatic heterocycles. The van der Waals surface area contributed by atoms with Crippen molar-refractivity contribution in [2.75, 3.05) is 0 Å². The topological polar surface area (TPSA) is 43.1 Å². The first-order chi connectivity index (χ1) is 12.2. The molecule has 0 radical (unpaired) electrons. The Bertz CT molecular complexity index is 940.